The summed E-state index contributed by atoms with van der Waals surface area (Å²) in [5, 5.41) is 6.47. The molecule has 156 valence electrons. The first-order valence-corrected chi connectivity index (χ1v) is 9.81. The summed E-state index contributed by atoms with van der Waals surface area (Å²) < 4.78 is 5.62. The summed E-state index contributed by atoms with van der Waals surface area (Å²) in [6, 6.07) is 16.3. The van der Waals surface area contributed by atoms with E-state index in [0.717, 1.165) is 31.2 Å². The number of anilines is 1. The highest BCUT2D eigenvalue weighted by molar-refractivity contribution is 5.94. The summed E-state index contributed by atoms with van der Waals surface area (Å²) in [6.45, 7) is 7.15. The van der Waals surface area contributed by atoms with Crippen LogP contribution in [-0.4, -0.2) is 49.6 Å². The minimum Gasteiger partial charge on any atom is -0.484 e. The quantitative estimate of drug-likeness (QED) is 0.692. The van der Waals surface area contributed by atoms with Gasteiger partial charge in [0.15, 0.2) is 12.6 Å². The van der Waals surface area contributed by atoms with Crippen LogP contribution in [0.5, 0.6) is 5.75 Å². The molecule has 0 fully saturated rings. The Morgan fingerprint density at radius 1 is 1.07 bits per heavy atom. The van der Waals surface area contributed by atoms with E-state index in [1.807, 2.05) is 38.1 Å². The van der Waals surface area contributed by atoms with Gasteiger partial charge in [0.1, 0.15) is 5.75 Å². The van der Waals surface area contributed by atoms with Crippen molar-refractivity contribution in [3.8, 4) is 5.75 Å². The summed E-state index contributed by atoms with van der Waals surface area (Å²) in [7, 11) is 0. The monoisotopic (exact) mass is 416 g/mol. The minimum atomic E-state index is 0. The highest BCUT2D eigenvalue weighted by atomic mass is 35.5. The van der Waals surface area contributed by atoms with E-state index < -0.39 is 0 Å². The van der Waals surface area contributed by atoms with Gasteiger partial charge >= 0.3 is 0 Å². The average Bonchev–Trinajstić information content (AvgIpc) is 3.23. The van der Waals surface area contributed by atoms with Crippen LogP contribution in [0.15, 0.2) is 53.5 Å². The van der Waals surface area contributed by atoms with E-state index >= 15 is 0 Å². The molecule has 1 heterocycles. The smallest absolute Gasteiger partial charge is 0.260 e. The Morgan fingerprint density at radius 2 is 1.69 bits per heavy atom. The van der Waals surface area contributed by atoms with Gasteiger partial charge in [-0.1, -0.05) is 24.3 Å². The van der Waals surface area contributed by atoms with Gasteiger partial charge in [0, 0.05) is 25.3 Å². The van der Waals surface area contributed by atoms with Gasteiger partial charge < -0.3 is 20.3 Å². The van der Waals surface area contributed by atoms with Crippen molar-refractivity contribution >= 4 is 30.0 Å². The normalized spacial score (nSPS) is 12.4. The predicted molar refractivity (Wildman–Crippen MR) is 120 cm³/mol. The van der Waals surface area contributed by atoms with Gasteiger partial charge in [-0.15, -0.1) is 12.4 Å². The summed E-state index contributed by atoms with van der Waals surface area (Å²) >= 11 is 0. The molecular weight excluding hydrogens is 388 g/mol. The number of halogens is 1. The van der Waals surface area contributed by atoms with Crippen LogP contribution in [0.25, 0.3) is 0 Å². The van der Waals surface area contributed by atoms with E-state index in [4.69, 9.17) is 4.74 Å². The summed E-state index contributed by atoms with van der Waals surface area (Å²) in [5.74, 6) is 1.57. The first-order chi connectivity index (χ1) is 13.7. The number of hydrogen-bond donors (Lipinski definition) is 2. The van der Waals surface area contributed by atoms with Gasteiger partial charge in [0.05, 0.1) is 6.54 Å². The van der Waals surface area contributed by atoms with Crippen molar-refractivity contribution in [3.05, 3.63) is 59.7 Å². The lowest BCUT2D eigenvalue weighted by Crippen LogP contribution is -2.34. The molecular formula is C22H29ClN4O2. The third-order valence-electron chi connectivity index (χ3n) is 4.70. The standard InChI is InChI=1S/C22H28N4O2.ClH/c1-3-26(4-2)21(27)16-28-20-11-7-18(8-12-20)15-17-5-9-19(10-6-17)25-22-23-13-14-24-22;/h5-12H,3-4,13-16H2,1-2H3,(H2,23,24,25);1H. The van der Waals surface area contributed by atoms with Gasteiger partial charge in [-0.3, -0.25) is 9.79 Å². The highest BCUT2D eigenvalue weighted by Crippen LogP contribution is 2.17. The average molecular weight is 417 g/mol. The van der Waals surface area contributed by atoms with E-state index in [1.165, 1.54) is 11.1 Å². The molecule has 0 aromatic heterocycles. The van der Waals surface area contributed by atoms with Gasteiger partial charge in [0.25, 0.3) is 5.91 Å². The largest absolute Gasteiger partial charge is 0.484 e. The van der Waals surface area contributed by atoms with Crippen molar-refractivity contribution in [3.63, 3.8) is 0 Å². The number of likely N-dealkylation sites (N-methyl/N-ethyl adjacent to an activating group) is 1. The molecule has 7 heteroatoms. The number of amides is 1. The van der Waals surface area contributed by atoms with Crippen molar-refractivity contribution in [2.45, 2.75) is 20.3 Å². The molecule has 0 bridgehead atoms. The molecule has 29 heavy (non-hydrogen) atoms. The van der Waals surface area contributed by atoms with Crippen LogP contribution in [0.3, 0.4) is 0 Å². The third kappa shape index (κ3) is 6.68. The van der Waals surface area contributed by atoms with Crippen LogP contribution in [0.4, 0.5) is 5.69 Å². The zero-order valence-corrected chi connectivity index (χ0v) is 17.8. The van der Waals surface area contributed by atoms with Gasteiger partial charge in [-0.2, -0.15) is 0 Å². The number of aliphatic imine (C=N–C) groups is 1. The Balaban J connectivity index is 0.00000300. The Labute approximate surface area is 178 Å². The Morgan fingerprint density at radius 3 is 2.24 bits per heavy atom. The second kappa shape index (κ2) is 11.3. The Bertz CT molecular complexity index is 803. The Hall–Kier alpha value is -2.73. The summed E-state index contributed by atoms with van der Waals surface area (Å²) in [4.78, 5) is 18.1. The number of nitrogens with one attached hydrogen (secondary N) is 2. The first kappa shape index (κ1) is 22.6. The molecule has 0 atom stereocenters. The molecule has 0 spiro atoms. The zero-order valence-electron chi connectivity index (χ0n) is 17.0. The fourth-order valence-corrected chi connectivity index (χ4v) is 3.08. The first-order valence-electron chi connectivity index (χ1n) is 9.81. The lowest BCUT2D eigenvalue weighted by Gasteiger charge is -2.18. The van der Waals surface area contributed by atoms with E-state index in [-0.39, 0.29) is 24.9 Å². The second-order valence-electron chi connectivity index (χ2n) is 6.65. The minimum absolute atomic E-state index is 0. The van der Waals surface area contributed by atoms with E-state index in [2.05, 4.69) is 39.9 Å². The molecule has 0 radical (unpaired) electrons. The van der Waals surface area contributed by atoms with Crippen LogP contribution in [0.1, 0.15) is 25.0 Å². The molecule has 0 saturated heterocycles. The molecule has 0 aliphatic carbocycles. The van der Waals surface area contributed by atoms with Crippen LogP contribution in [-0.2, 0) is 11.2 Å². The molecule has 2 aromatic rings. The lowest BCUT2D eigenvalue weighted by atomic mass is 10.0. The van der Waals surface area contributed by atoms with Crippen LogP contribution in [0.2, 0.25) is 0 Å². The topological polar surface area (TPSA) is 66.0 Å². The molecule has 6 nitrogen and oxygen atoms in total. The fraction of sp³-hybridized carbons (Fsp3) is 0.364. The lowest BCUT2D eigenvalue weighted by molar-refractivity contribution is -0.132. The molecule has 0 unspecified atom stereocenters. The number of guanidine groups is 1. The highest BCUT2D eigenvalue weighted by Gasteiger charge is 2.10. The third-order valence-corrected chi connectivity index (χ3v) is 4.70. The number of benzene rings is 2. The molecule has 0 saturated carbocycles. The predicted octanol–water partition coefficient (Wildman–Crippen LogP) is 3.32. The van der Waals surface area contributed by atoms with Crippen molar-refractivity contribution in [1.29, 1.82) is 0 Å². The summed E-state index contributed by atoms with van der Waals surface area (Å²) in [6.07, 6.45) is 0.845. The van der Waals surface area contributed by atoms with Gasteiger partial charge in [-0.05, 0) is 55.7 Å². The number of carbonyl (C=O) groups excluding carboxylic acids is 1. The maximum Gasteiger partial charge on any atom is 0.260 e. The molecule has 2 N–H and O–H groups in total. The van der Waals surface area contributed by atoms with Crippen molar-refractivity contribution < 1.29 is 9.53 Å². The van der Waals surface area contributed by atoms with E-state index in [1.54, 1.807) is 4.90 Å². The van der Waals surface area contributed by atoms with E-state index in [9.17, 15) is 4.79 Å². The van der Waals surface area contributed by atoms with E-state index in [0.29, 0.717) is 18.8 Å². The fourth-order valence-electron chi connectivity index (χ4n) is 3.08. The zero-order chi connectivity index (χ0) is 19.8. The van der Waals surface area contributed by atoms with Crippen LogP contribution in [0, 0.1) is 0 Å². The van der Waals surface area contributed by atoms with Gasteiger partial charge in [-0.25, -0.2) is 0 Å². The van der Waals surface area contributed by atoms with Crippen molar-refractivity contribution in [2.24, 2.45) is 4.99 Å². The summed E-state index contributed by atoms with van der Waals surface area (Å²) in [5.41, 5.74) is 3.46. The molecule has 1 aliphatic rings. The second-order valence-corrected chi connectivity index (χ2v) is 6.65. The number of nitrogens with zero attached hydrogens (tertiary/aromatic N) is 2. The van der Waals surface area contributed by atoms with Crippen molar-refractivity contribution in [2.75, 3.05) is 38.1 Å². The molecule has 2 aromatic carbocycles. The molecule has 1 amide bonds. The number of rotatable bonds is 8. The van der Waals surface area contributed by atoms with Crippen LogP contribution < -0.4 is 15.4 Å². The maximum atomic E-state index is 12.0. The number of hydrogen-bond acceptors (Lipinski definition) is 5. The van der Waals surface area contributed by atoms with Crippen molar-refractivity contribution in [1.82, 2.24) is 10.2 Å². The number of carbonyl (C=O) groups is 1. The Kier molecular flexibility index (Phi) is 8.80. The number of ether oxygens (including phenoxy) is 1. The molecule has 3 rings (SSSR count). The SMILES string of the molecule is CCN(CC)C(=O)COc1ccc(Cc2ccc(NC3=NCCN3)cc2)cc1.Cl. The molecule has 1 aliphatic heterocycles. The van der Waals surface area contributed by atoms with Crippen LogP contribution >= 0.6 is 12.4 Å². The van der Waals surface area contributed by atoms with Gasteiger partial charge in [0.2, 0.25) is 0 Å². The maximum absolute atomic E-state index is 12.0.